The second-order valence-electron chi connectivity index (χ2n) is 5.48. The summed E-state index contributed by atoms with van der Waals surface area (Å²) in [6.45, 7) is 8.02. The highest BCUT2D eigenvalue weighted by Crippen LogP contribution is 2.15. The number of nitriles is 1. The van der Waals surface area contributed by atoms with Crippen LogP contribution in [0.5, 0.6) is 0 Å². The maximum atomic E-state index is 8.78. The third-order valence-electron chi connectivity index (χ3n) is 3.58. The molecule has 1 atom stereocenters. The molecule has 1 fully saturated rings. The van der Waals surface area contributed by atoms with E-state index in [9.17, 15) is 0 Å². The minimum Gasteiger partial charge on any atom is -0.312 e. The fourth-order valence-corrected chi connectivity index (χ4v) is 3.40. The largest absolute Gasteiger partial charge is 0.312 e. The van der Waals surface area contributed by atoms with E-state index in [0.717, 1.165) is 18.0 Å². The van der Waals surface area contributed by atoms with Gasteiger partial charge in [-0.15, -0.1) is 11.3 Å². The molecule has 1 unspecified atom stereocenters. The van der Waals surface area contributed by atoms with E-state index in [2.05, 4.69) is 23.2 Å². The summed E-state index contributed by atoms with van der Waals surface area (Å²) in [5, 5.41) is 12.3. The number of rotatable bonds is 6. The third-order valence-corrected chi connectivity index (χ3v) is 4.57. The number of hydrogen-bond acceptors (Lipinski definition) is 4. The van der Waals surface area contributed by atoms with Gasteiger partial charge in [0.2, 0.25) is 0 Å². The van der Waals surface area contributed by atoms with E-state index >= 15 is 0 Å². The Hall–Kier alpha value is -0.890. The van der Waals surface area contributed by atoms with Crippen molar-refractivity contribution < 1.29 is 0 Å². The van der Waals surface area contributed by atoms with Crippen LogP contribution >= 0.6 is 11.3 Å². The lowest BCUT2D eigenvalue weighted by Crippen LogP contribution is -2.36. The molecule has 0 saturated carbocycles. The average molecular weight is 277 g/mol. The number of piperidine rings is 1. The fraction of sp³-hybridized carbons (Fsp3) is 0.667. The van der Waals surface area contributed by atoms with Crippen LogP contribution in [0.4, 0.5) is 0 Å². The maximum absolute atomic E-state index is 8.78. The van der Waals surface area contributed by atoms with Gasteiger partial charge >= 0.3 is 0 Å². The van der Waals surface area contributed by atoms with E-state index in [0.29, 0.717) is 5.92 Å². The minimum absolute atomic E-state index is 0.688. The van der Waals surface area contributed by atoms with Crippen molar-refractivity contribution in [3.05, 3.63) is 21.9 Å². The van der Waals surface area contributed by atoms with Gasteiger partial charge in [-0.3, -0.25) is 0 Å². The Kier molecular flexibility index (Phi) is 5.84. The first-order valence-electron chi connectivity index (χ1n) is 7.20. The van der Waals surface area contributed by atoms with Crippen molar-refractivity contribution in [1.29, 1.82) is 5.26 Å². The predicted octanol–water partition coefficient (Wildman–Crippen LogP) is 2.83. The Morgan fingerprint density at radius 2 is 2.16 bits per heavy atom. The van der Waals surface area contributed by atoms with Crippen molar-refractivity contribution >= 4 is 11.3 Å². The molecule has 19 heavy (non-hydrogen) atoms. The Bertz CT molecular complexity index is 415. The molecule has 0 bridgehead atoms. The van der Waals surface area contributed by atoms with Crippen molar-refractivity contribution in [3.63, 3.8) is 0 Å². The predicted molar refractivity (Wildman–Crippen MR) is 80.2 cm³/mol. The van der Waals surface area contributed by atoms with Crippen LogP contribution in [-0.4, -0.2) is 31.1 Å². The van der Waals surface area contributed by atoms with Gasteiger partial charge in [-0.1, -0.05) is 13.3 Å². The summed E-state index contributed by atoms with van der Waals surface area (Å²) in [5.74, 6) is 0.688. The second kappa shape index (κ2) is 7.64. The third kappa shape index (κ3) is 4.94. The Labute approximate surface area is 120 Å². The molecule has 2 heterocycles. The van der Waals surface area contributed by atoms with Gasteiger partial charge in [-0.2, -0.15) is 5.26 Å². The summed E-state index contributed by atoms with van der Waals surface area (Å²) in [7, 11) is 0. The highest BCUT2D eigenvalue weighted by molar-refractivity contribution is 7.12. The van der Waals surface area contributed by atoms with E-state index in [1.54, 1.807) is 11.3 Å². The number of likely N-dealkylation sites (tertiary alicyclic amines) is 1. The average Bonchev–Trinajstić information content (AvgIpc) is 2.88. The van der Waals surface area contributed by atoms with Gasteiger partial charge in [-0.25, -0.2) is 0 Å². The number of hydrogen-bond donors (Lipinski definition) is 1. The normalized spacial score (nSPS) is 18.1. The first-order chi connectivity index (χ1) is 9.28. The standard InChI is InChI=1S/C15H23N3S/c1-13(12-18-7-3-2-4-8-18)10-17-11-15-6-5-14(9-16)19-15/h5-6,13,17H,2-4,7-8,10-12H2,1H3. The summed E-state index contributed by atoms with van der Waals surface area (Å²) < 4.78 is 0. The zero-order valence-electron chi connectivity index (χ0n) is 11.7. The molecule has 3 nitrogen and oxygen atoms in total. The monoisotopic (exact) mass is 277 g/mol. The van der Waals surface area contributed by atoms with Crippen LogP contribution in [0.15, 0.2) is 12.1 Å². The van der Waals surface area contributed by atoms with Crippen LogP contribution in [0.1, 0.15) is 35.9 Å². The molecule has 0 aliphatic carbocycles. The van der Waals surface area contributed by atoms with Crippen LogP contribution in [0, 0.1) is 17.2 Å². The molecule has 1 aliphatic heterocycles. The van der Waals surface area contributed by atoms with Gasteiger partial charge in [0, 0.05) is 18.0 Å². The molecule has 1 aliphatic rings. The molecular weight excluding hydrogens is 254 g/mol. The van der Waals surface area contributed by atoms with E-state index in [-0.39, 0.29) is 0 Å². The lowest BCUT2D eigenvalue weighted by Gasteiger charge is -2.29. The molecule has 0 aromatic carbocycles. The maximum Gasteiger partial charge on any atom is 0.110 e. The van der Waals surface area contributed by atoms with E-state index in [1.165, 1.54) is 43.8 Å². The van der Waals surface area contributed by atoms with E-state index in [1.807, 2.05) is 12.1 Å². The van der Waals surface area contributed by atoms with Gasteiger partial charge in [-0.05, 0) is 50.5 Å². The molecule has 0 spiro atoms. The van der Waals surface area contributed by atoms with Crippen LogP contribution in [0.2, 0.25) is 0 Å². The zero-order valence-corrected chi connectivity index (χ0v) is 12.5. The molecule has 1 saturated heterocycles. The molecule has 0 radical (unpaired) electrons. The van der Waals surface area contributed by atoms with Gasteiger partial charge in [0.25, 0.3) is 0 Å². The molecular formula is C15H23N3S. The summed E-state index contributed by atoms with van der Waals surface area (Å²) >= 11 is 1.59. The highest BCUT2D eigenvalue weighted by atomic mass is 32.1. The molecule has 1 aromatic heterocycles. The van der Waals surface area contributed by atoms with Crippen LogP contribution in [0.3, 0.4) is 0 Å². The van der Waals surface area contributed by atoms with Crippen molar-refractivity contribution in [1.82, 2.24) is 10.2 Å². The number of nitrogens with one attached hydrogen (secondary N) is 1. The Morgan fingerprint density at radius 3 is 2.84 bits per heavy atom. The van der Waals surface area contributed by atoms with Crippen molar-refractivity contribution in [2.75, 3.05) is 26.2 Å². The topological polar surface area (TPSA) is 39.1 Å². The number of thiophene rings is 1. The van der Waals surface area contributed by atoms with Crippen molar-refractivity contribution in [3.8, 4) is 6.07 Å². The molecule has 4 heteroatoms. The lowest BCUT2D eigenvalue weighted by molar-refractivity contribution is 0.199. The Morgan fingerprint density at radius 1 is 1.37 bits per heavy atom. The summed E-state index contributed by atoms with van der Waals surface area (Å²) in [5.41, 5.74) is 0. The van der Waals surface area contributed by atoms with Gasteiger partial charge in [0.1, 0.15) is 10.9 Å². The molecule has 2 rings (SSSR count). The number of nitrogens with zero attached hydrogens (tertiary/aromatic N) is 2. The van der Waals surface area contributed by atoms with Crippen molar-refractivity contribution in [2.45, 2.75) is 32.7 Å². The van der Waals surface area contributed by atoms with Crippen LogP contribution < -0.4 is 5.32 Å². The first-order valence-corrected chi connectivity index (χ1v) is 8.01. The fourth-order valence-electron chi connectivity index (χ4n) is 2.62. The van der Waals surface area contributed by atoms with Crippen molar-refractivity contribution in [2.24, 2.45) is 5.92 Å². The summed E-state index contributed by atoms with van der Waals surface area (Å²) in [4.78, 5) is 4.65. The molecule has 0 amide bonds. The van der Waals surface area contributed by atoms with Gasteiger partial charge in [0.15, 0.2) is 0 Å². The molecule has 1 N–H and O–H groups in total. The van der Waals surface area contributed by atoms with E-state index in [4.69, 9.17) is 5.26 Å². The second-order valence-corrected chi connectivity index (χ2v) is 6.64. The molecule has 1 aromatic rings. The minimum atomic E-state index is 0.688. The van der Waals surface area contributed by atoms with Gasteiger partial charge in [0.05, 0.1) is 0 Å². The summed E-state index contributed by atoms with van der Waals surface area (Å²) in [6, 6.07) is 6.13. The van der Waals surface area contributed by atoms with Gasteiger partial charge < -0.3 is 10.2 Å². The highest BCUT2D eigenvalue weighted by Gasteiger charge is 2.13. The zero-order chi connectivity index (χ0) is 13.5. The Balaban J connectivity index is 1.63. The first kappa shape index (κ1) is 14.5. The van der Waals surface area contributed by atoms with E-state index < -0.39 is 0 Å². The summed E-state index contributed by atoms with van der Waals surface area (Å²) in [6.07, 6.45) is 4.14. The van der Waals surface area contributed by atoms with Crippen LogP contribution in [-0.2, 0) is 6.54 Å². The SMILES string of the molecule is CC(CNCc1ccc(C#N)s1)CN1CCCCC1. The quantitative estimate of drug-likeness (QED) is 0.869. The smallest absolute Gasteiger partial charge is 0.110 e. The molecule has 104 valence electrons. The lowest BCUT2D eigenvalue weighted by atomic mass is 10.1. The van der Waals surface area contributed by atoms with Crippen LogP contribution in [0.25, 0.3) is 0 Å².